The Hall–Kier alpha value is -5.60. The number of fused-ring (bicyclic) bond motifs is 9. The topological polar surface area (TPSA) is 8.17 Å². The van der Waals surface area contributed by atoms with Crippen LogP contribution in [0.2, 0.25) is 0 Å². The predicted molar refractivity (Wildman–Crippen MR) is 189 cm³/mol. The minimum absolute atomic E-state index is 0.257. The first-order valence-corrected chi connectivity index (χ1v) is 15.4. The molecule has 1 unspecified atom stereocenters. The van der Waals surface area contributed by atoms with Crippen molar-refractivity contribution in [1.82, 2.24) is 4.57 Å². The summed E-state index contributed by atoms with van der Waals surface area (Å²) in [4.78, 5) is 2.48. The standard InChI is InChI=1S/C42H30N2/c1-4-14-29(15-5-1)43(30-16-6-2-7-17-30)32-24-25-35-37(26-32)33-20-10-11-21-34(33)38-27-40-36-22-12-13-23-41(36)44(42(40)28-39(35)38)31-18-8-3-9-19-31/h1-16,18-28,30H,17H2. The lowest BCUT2D eigenvalue weighted by Gasteiger charge is -2.33. The first-order valence-electron chi connectivity index (χ1n) is 15.4. The molecule has 1 aromatic heterocycles. The Morgan fingerprint density at radius 3 is 1.84 bits per heavy atom. The minimum atomic E-state index is 0.257. The zero-order chi connectivity index (χ0) is 29.0. The average molecular weight is 563 g/mol. The summed E-state index contributed by atoms with van der Waals surface area (Å²) < 4.78 is 2.42. The largest absolute Gasteiger partial charge is 0.334 e. The molecular weight excluding hydrogens is 532 g/mol. The third-order valence-electron chi connectivity index (χ3n) is 9.23. The predicted octanol–water partition coefficient (Wildman–Crippen LogP) is 11.3. The molecule has 44 heavy (non-hydrogen) atoms. The van der Waals surface area contributed by atoms with Crippen LogP contribution in [0, 0.1) is 0 Å². The van der Waals surface area contributed by atoms with E-state index in [1.54, 1.807) is 0 Å². The maximum atomic E-state index is 2.48. The van der Waals surface area contributed by atoms with Crippen molar-refractivity contribution < 1.29 is 0 Å². The molecule has 1 aliphatic carbocycles. The van der Waals surface area contributed by atoms with Crippen LogP contribution in [-0.2, 0) is 0 Å². The van der Waals surface area contributed by atoms with Crippen LogP contribution < -0.4 is 4.90 Å². The quantitative estimate of drug-likeness (QED) is 0.194. The smallest absolute Gasteiger partial charge is 0.0559 e. The van der Waals surface area contributed by atoms with Gasteiger partial charge in [-0.25, -0.2) is 0 Å². The van der Waals surface area contributed by atoms with E-state index < -0.39 is 0 Å². The number of hydrogen-bond acceptors (Lipinski definition) is 1. The molecule has 0 fully saturated rings. The summed E-state index contributed by atoms with van der Waals surface area (Å²) in [6.45, 7) is 0. The molecule has 1 heterocycles. The maximum absolute atomic E-state index is 2.48. The Morgan fingerprint density at radius 2 is 1.09 bits per heavy atom. The van der Waals surface area contributed by atoms with E-state index in [0.717, 1.165) is 6.42 Å². The van der Waals surface area contributed by atoms with Crippen molar-refractivity contribution in [3.8, 4) is 5.69 Å². The summed E-state index contributed by atoms with van der Waals surface area (Å²) in [6.07, 6.45) is 9.88. The van der Waals surface area contributed by atoms with Crippen molar-refractivity contribution >= 4 is 65.5 Å². The van der Waals surface area contributed by atoms with Crippen molar-refractivity contribution in [2.45, 2.75) is 12.5 Å². The Labute approximate surface area is 256 Å². The summed E-state index contributed by atoms with van der Waals surface area (Å²) in [5, 5.41) is 10.3. The maximum Gasteiger partial charge on any atom is 0.0559 e. The van der Waals surface area contributed by atoms with E-state index >= 15 is 0 Å². The molecule has 0 N–H and O–H groups in total. The number of nitrogens with zero attached hydrogens (tertiary/aromatic N) is 2. The SMILES string of the molecule is C1=CCC(N(c2ccccc2)c2ccc3c(c2)c2ccccc2c2cc4c5ccccc5n(-c5ccccc5)c4cc32)C=C1. The lowest BCUT2D eigenvalue weighted by molar-refractivity contribution is 0.785. The molecule has 1 aliphatic rings. The fourth-order valence-corrected chi connectivity index (χ4v) is 7.29. The summed E-state index contributed by atoms with van der Waals surface area (Å²) in [5.41, 5.74) is 6.05. The summed E-state index contributed by atoms with van der Waals surface area (Å²) in [5.74, 6) is 0. The molecule has 0 saturated carbocycles. The molecular formula is C42H30N2. The van der Waals surface area contributed by atoms with Gasteiger partial charge in [-0.1, -0.05) is 109 Å². The third kappa shape index (κ3) is 3.81. The minimum Gasteiger partial charge on any atom is -0.334 e. The van der Waals surface area contributed by atoms with E-state index in [4.69, 9.17) is 0 Å². The molecule has 2 nitrogen and oxygen atoms in total. The van der Waals surface area contributed by atoms with Crippen molar-refractivity contribution in [3.05, 3.63) is 164 Å². The van der Waals surface area contributed by atoms with E-state index in [1.165, 1.54) is 71.2 Å². The molecule has 0 spiro atoms. The van der Waals surface area contributed by atoms with Crippen molar-refractivity contribution in [3.63, 3.8) is 0 Å². The van der Waals surface area contributed by atoms with Gasteiger partial charge in [0.05, 0.1) is 17.1 Å². The molecule has 1 atom stereocenters. The number of aromatic nitrogens is 1. The fraction of sp³-hybridized carbons (Fsp3) is 0.0476. The lowest BCUT2D eigenvalue weighted by atomic mass is 9.92. The van der Waals surface area contributed by atoms with Crippen LogP contribution >= 0.6 is 0 Å². The molecule has 0 saturated heterocycles. The van der Waals surface area contributed by atoms with Crippen LogP contribution in [0.5, 0.6) is 0 Å². The van der Waals surface area contributed by atoms with Crippen LogP contribution in [0.3, 0.4) is 0 Å². The van der Waals surface area contributed by atoms with E-state index in [2.05, 4.69) is 173 Å². The van der Waals surface area contributed by atoms with Gasteiger partial charge >= 0.3 is 0 Å². The summed E-state index contributed by atoms with van der Waals surface area (Å²) >= 11 is 0. The first kappa shape index (κ1) is 24.9. The zero-order valence-electron chi connectivity index (χ0n) is 24.3. The summed E-state index contributed by atoms with van der Waals surface area (Å²) in [6, 6.07) is 51.4. The van der Waals surface area contributed by atoms with Crippen molar-refractivity contribution in [2.75, 3.05) is 4.90 Å². The van der Waals surface area contributed by atoms with Crippen molar-refractivity contribution in [2.24, 2.45) is 0 Å². The molecule has 2 heteroatoms. The second kappa shape index (κ2) is 10.00. The molecule has 0 bridgehead atoms. The second-order valence-corrected chi connectivity index (χ2v) is 11.7. The Kier molecular flexibility index (Phi) is 5.67. The van der Waals surface area contributed by atoms with Crippen LogP contribution in [0.25, 0.3) is 59.8 Å². The van der Waals surface area contributed by atoms with E-state index in [0.29, 0.717) is 0 Å². The lowest BCUT2D eigenvalue weighted by Crippen LogP contribution is -2.29. The molecule has 7 aromatic carbocycles. The number of anilines is 2. The Bertz CT molecular complexity index is 2410. The highest BCUT2D eigenvalue weighted by molar-refractivity contribution is 6.29. The normalized spacial score (nSPS) is 14.8. The van der Waals surface area contributed by atoms with E-state index in [1.807, 2.05) is 0 Å². The highest BCUT2D eigenvalue weighted by Gasteiger charge is 2.21. The molecule has 0 radical (unpaired) electrons. The number of rotatable bonds is 4. The second-order valence-electron chi connectivity index (χ2n) is 11.7. The number of allylic oxidation sites excluding steroid dienone is 2. The molecule has 8 aromatic rings. The van der Waals surface area contributed by atoms with Crippen LogP contribution in [0.15, 0.2) is 164 Å². The number of benzene rings is 7. The van der Waals surface area contributed by atoms with Crippen LogP contribution in [-0.4, -0.2) is 10.6 Å². The van der Waals surface area contributed by atoms with Crippen molar-refractivity contribution in [1.29, 1.82) is 0 Å². The average Bonchev–Trinajstić information content (AvgIpc) is 3.42. The van der Waals surface area contributed by atoms with Gasteiger partial charge in [0.1, 0.15) is 0 Å². The Morgan fingerprint density at radius 1 is 0.455 bits per heavy atom. The van der Waals surface area contributed by atoms with Gasteiger partial charge in [-0.15, -0.1) is 0 Å². The van der Waals surface area contributed by atoms with Gasteiger partial charge in [-0.3, -0.25) is 0 Å². The van der Waals surface area contributed by atoms with E-state index in [9.17, 15) is 0 Å². The highest BCUT2D eigenvalue weighted by Crippen LogP contribution is 2.42. The van der Waals surface area contributed by atoms with Gasteiger partial charge in [0.25, 0.3) is 0 Å². The fourth-order valence-electron chi connectivity index (χ4n) is 7.29. The zero-order valence-corrected chi connectivity index (χ0v) is 24.3. The van der Waals surface area contributed by atoms with Gasteiger partial charge < -0.3 is 9.47 Å². The highest BCUT2D eigenvalue weighted by atomic mass is 15.2. The molecule has 9 rings (SSSR count). The van der Waals surface area contributed by atoms with Gasteiger partial charge in [0, 0.05) is 27.8 Å². The van der Waals surface area contributed by atoms with Crippen LogP contribution in [0.4, 0.5) is 11.4 Å². The first-order chi connectivity index (χ1) is 21.8. The number of para-hydroxylation sites is 3. The monoisotopic (exact) mass is 562 g/mol. The van der Waals surface area contributed by atoms with Gasteiger partial charge in [0.15, 0.2) is 0 Å². The van der Waals surface area contributed by atoms with Crippen LogP contribution in [0.1, 0.15) is 6.42 Å². The van der Waals surface area contributed by atoms with Gasteiger partial charge in [-0.05, 0) is 93.3 Å². The van der Waals surface area contributed by atoms with E-state index in [-0.39, 0.29) is 6.04 Å². The third-order valence-corrected chi connectivity index (χ3v) is 9.23. The molecule has 0 aliphatic heterocycles. The molecule has 208 valence electrons. The summed E-state index contributed by atoms with van der Waals surface area (Å²) in [7, 11) is 0. The van der Waals surface area contributed by atoms with Gasteiger partial charge in [-0.2, -0.15) is 0 Å². The van der Waals surface area contributed by atoms with Gasteiger partial charge in [0.2, 0.25) is 0 Å². The number of hydrogen-bond donors (Lipinski definition) is 0. The Balaban J connectivity index is 1.37. The molecule has 0 amide bonds.